The molecule has 1 atom stereocenters. The quantitative estimate of drug-likeness (QED) is 0.830. The van der Waals surface area contributed by atoms with Gasteiger partial charge in [-0.2, -0.15) is 0 Å². The van der Waals surface area contributed by atoms with Gasteiger partial charge in [-0.3, -0.25) is 0 Å². The molecule has 0 aliphatic carbocycles. The zero-order valence-corrected chi connectivity index (χ0v) is 11.1. The molecule has 3 heterocycles. The summed E-state index contributed by atoms with van der Waals surface area (Å²) >= 11 is 0. The van der Waals surface area contributed by atoms with Gasteiger partial charge in [-0.1, -0.05) is 13.8 Å². The first-order valence-electron chi connectivity index (χ1n) is 6.87. The third kappa shape index (κ3) is 1.81. The Morgan fingerprint density at radius 3 is 3.00 bits per heavy atom. The second-order valence-corrected chi connectivity index (χ2v) is 4.93. The summed E-state index contributed by atoms with van der Waals surface area (Å²) < 4.78 is 2.37. The Labute approximate surface area is 108 Å². The molecule has 3 rings (SSSR count). The van der Waals surface area contributed by atoms with E-state index in [0.717, 1.165) is 30.7 Å². The van der Waals surface area contributed by atoms with Crippen LogP contribution >= 0.6 is 0 Å². The van der Waals surface area contributed by atoms with Crippen molar-refractivity contribution in [1.29, 1.82) is 0 Å². The SMILES string of the molecule is CCc1nc2cccnc2n1C1CCN(CC)C1. The van der Waals surface area contributed by atoms with Crippen LogP contribution in [0.4, 0.5) is 0 Å². The highest BCUT2D eigenvalue weighted by molar-refractivity contribution is 5.71. The van der Waals surface area contributed by atoms with Gasteiger partial charge in [0.2, 0.25) is 0 Å². The summed E-state index contributed by atoms with van der Waals surface area (Å²) in [6.07, 6.45) is 4.05. The van der Waals surface area contributed by atoms with Crippen LogP contribution in [-0.2, 0) is 6.42 Å². The van der Waals surface area contributed by atoms with E-state index in [9.17, 15) is 0 Å². The number of fused-ring (bicyclic) bond motifs is 1. The van der Waals surface area contributed by atoms with E-state index in [4.69, 9.17) is 4.98 Å². The van der Waals surface area contributed by atoms with E-state index in [1.54, 1.807) is 0 Å². The predicted octanol–water partition coefficient (Wildman–Crippen LogP) is 2.26. The minimum atomic E-state index is 0.541. The molecule has 18 heavy (non-hydrogen) atoms. The monoisotopic (exact) mass is 244 g/mol. The lowest BCUT2D eigenvalue weighted by Gasteiger charge is -2.16. The van der Waals surface area contributed by atoms with E-state index in [1.807, 2.05) is 12.3 Å². The van der Waals surface area contributed by atoms with Gasteiger partial charge in [0.15, 0.2) is 5.65 Å². The van der Waals surface area contributed by atoms with Gasteiger partial charge in [0.25, 0.3) is 0 Å². The topological polar surface area (TPSA) is 34.0 Å². The molecule has 0 amide bonds. The molecular weight excluding hydrogens is 224 g/mol. The van der Waals surface area contributed by atoms with Crippen LogP contribution < -0.4 is 0 Å². The number of likely N-dealkylation sites (tertiary alicyclic amines) is 1. The molecule has 0 saturated carbocycles. The molecule has 4 nitrogen and oxygen atoms in total. The first kappa shape index (κ1) is 11.7. The zero-order chi connectivity index (χ0) is 12.5. The summed E-state index contributed by atoms with van der Waals surface area (Å²) in [6.45, 7) is 7.86. The Hall–Kier alpha value is -1.42. The van der Waals surface area contributed by atoms with Gasteiger partial charge in [-0.25, -0.2) is 9.97 Å². The van der Waals surface area contributed by atoms with Crippen LogP contribution in [0, 0.1) is 0 Å². The average molecular weight is 244 g/mol. The summed E-state index contributed by atoms with van der Waals surface area (Å²) in [5.74, 6) is 1.17. The van der Waals surface area contributed by atoms with E-state index in [2.05, 4.69) is 34.4 Å². The van der Waals surface area contributed by atoms with Gasteiger partial charge < -0.3 is 9.47 Å². The Morgan fingerprint density at radius 2 is 2.28 bits per heavy atom. The maximum atomic E-state index is 4.71. The predicted molar refractivity (Wildman–Crippen MR) is 72.7 cm³/mol. The molecule has 0 radical (unpaired) electrons. The molecule has 96 valence electrons. The molecule has 1 saturated heterocycles. The smallest absolute Gasteiger partial charge is 0.160 e. The summed E-state index contributed by atoms with van der Waals surface area (Å²) in [5, 5.41) is 0. The van der Waals surface area contributed by atoms with Gasteiger partial charge in [-0.15, -0.1) is 0 Å². The zero-order valence-electron chi connectivity index (χ0n) is 11.1. The molecule has 1 aliphatic heterocycles. The highest BCUT2D eigenvalue weighted by Crippen LogP contribution is 2.27. The fraction of sp³-hybridized carbons (Fsp3) is 0.571. The van der Waals surface area contributed by atoms with Crippen molar-refractivity contribution >= 4 is 11.2 Å². The van der Waals surface area contributed by atoms with Crippen LogP contribution in [0.15, 0.2) is 18.3 Å². The van der Waals surface area contributed by atoms with Crippen LogP contribution in [0.1, 0.15) is 32.1 Å². The van der Waals surface area contributed by atoms with Crippen LogP contribution in [-0.4, -0.2) is 39.1 Å². The lowest BCUT2D eigenvalue weighted by Crippen LogP contribution is -2.21. The molecule has 2 aromatic rings. The van der Waals surface area contributed by atoms with Gasteiger partial charge in [0, 0.05) is 25.7 Å². The Morgan fingerprint density at radius 1 is 1.39 bits per heavy atom. The Kier molecular flexibility index (Phi) is 3.04. The lowest BCUT2D eigenvalue weighted by atomic mass is 10.2. The minimum absolute atomic E-state index is 0.541. The third-order valence-electron chi connectivity index (χ3n) is 3.90. The second-order valence-electron chi connectivity index (χ2n) is 4.93. The first-order chi connectivity index (χ1) is 8.83. The molecule has 4 heteroatoms. The normalized spacial score (nSPS) is 20.9. The van der Waals surface area contributed by atoms with Crippen molar-refractivity contribution in [3.63, 3.8) is 0 Å². The summed E-state index contributed by atoms with van der Waals surface area (Å²) in [4.78, 5) is 11.7. The average Bonchev–Trinajstić information content (AvgIpc) is 3.01. The van der Waals surface area contributed by atoms with E-state index >= 15 is 0 Å². The molecule has 2 aromatic heterocycles. The standard InChI is InChI=1S/C14H20N4/c1-3-13-16-12-6-5-8-15-14(12)18(13)11-7-9-17(4-2)10-11/h5-6,8,11H,3-4,7,9-10H2,1-2H3. The van der Waals surface area contributed by atoms with Crippen molar-refractivity contribution in [3.8, 4) is 0 Å². The number of aromatic nitrogens is 3. The molecular formula is C14H20N4. The molecule has 0 N–H and O–H groups in total. The molecule has 0 aromatic carbocycles. The molecule has 1 fully saturated rings. The van der Waals surface area contributed by atoms with E-state index < -0.39 is 0 Å². The number of pyridine rings is 1. The number of nitrogens with zero attached hydrogens (tertiary/aromatic N) is 4. The lowest BCUT2D eigenvalue weighted by molar-refractivity contribution is 0.341. The first-order valence-corrected chi connectivity index (χ1v) is 6.87. The van der Waals surface area contributed by atoms with Crippen molar-refractivity contribution in [1.82, 2.24) is 19.4 Å². The fourth-order valence-corrected chi connectivity index (χ4v) is 2.92. The van der Waals surface area contributed by atoms with Gasteiger partial charge in [0.05, 0.1) is 6.04 Å². The summed E-state index contributed by atoms with van der Waals surface area (Å²) in [5.41, 5.74) is 2.08. The van der Waals surface area contributed by atoms with Gasteiger partial charge in [0.1, 0.15) is 11.3 Å². The van der Waals surface area contributed by atoms with Gasteiger partial charge in [-0.05, 0) is 25.1 Å². The highest BCUT2D eigenvalue weighted by atomic mass is 15.2. The molecule has 0 bridgehead atoms. The van der Waals surface area contributed by atoms with Crippen LogP contribution in [0.25, 0.3) is 11.2 Å². The van der Waals surface area contributed by atoms with Crippen molar-refractivity contribution in [2.75, 3.05) is 19.6 Å². The van der Waals surface area contributed by atoms with Crippen molar-refractivity contribution in [2.45, 2.75) is 32.7 Å². The number of hydrogen-bond acceptors (Lipinski definition) is 3. The van der Waals surface area contributed by atoms with Crippen LogP contribution in [0.2, 0.25) is 0 Å². The largest absolute Gasteiger partial charge is 0.308 e. The summed E-state index contributed by atoms with van der Waals surface area (Å²) in [7, 11) is 0. The number of imidazole rings is 1. The van der Waals surface area contributed by atoms with Crippen molar-refractivity contribution in [3.05, 3.63) is 24.2 Å². The molecule has 0 spiro atoms. The Balaban J connectivity index is 2.04. The number of likely N-dealkylation sites (N-methyl/N-ethyl adjacent to an activating group) is 1. The van der Waals surface area contributed by atoms with E-state index in [0.29, 0.717) is 6.04 Å². The van der Waals surface area contributed by atoms with E-state index in [-0.39, 0.29) is 0 Å². The fourth-order valence-electron chi connectivity index (χ4n) is 2.92. The molecule has 1 aliphatic rings. The number of aryl methyl sites for hydroxylation is 1. The number of rotatable bonds is 3. The maximum absolute atomic E-state index is 4.71. The van der Waals surface area contributed by atoms with Crippen LogP contribution in [0.3, 0.4) is 0 Å². The maximum Gasteiger partial charge on any atom is 0.160 e. The molecule has 1 unspecified atom stereocenters. The second kappa shape index (κ2) is 4.69. The number of hydrogen-bond donors (Lipinski definition) is 0. The van der Waals surface area contributed by atoms with Crippen LogP contribution in [0.5, 0.6) is 0 Å². The van der Waals surface area contributed by atoms with Crippen molar-refractivity contribution < 1.29 is 0 Å². The van der Waals surface area contributed by atoms with E-state index in [1.165, 1.54) is 18.8 Å². The summed E-state index contributed by atoms with van der Waals surface area (Å²) in [6, 6.07) is 4.57. The van der Waals surface area contributed by atoms with Gasteiger partial charge >= 0.3 is 0 Å². The Bertz CT molecular complexity index is 546. The highest BCUT2D eigenvalue weighted by Gasteiger charge is 2.26. The van der Waals surface area contributed by atoms with Crippen molar-refractivity contribution in [2.24, 2.45) is 0 Å². The minimum Gasteiger partial charge on any atom is -0.308 e. The third-order valence-corrected chi connectivity index (χ3v) is 3.90.